The molecule has 1 fully saturated rings. The molecule has 0 radical (unpaired) electrons. The number of nitrogens with zero attached hydrogens (tertiary/aromatic N) is 3. The van der Waals surface area contributed by atoms with Crippen molar-refractivity contribution in [2.24, 2.45) is 4.99 Å². The zero-order valence-electron chi connectivity index (χ0n) is 18.9. The largest absolute Gasteiger partial charge is 0.357 e. The zero-order chi connectivity index (χ0) is 21.3. The summed E-state index contributed by atoms with van der Waals surface area (Å²) in [7, 11) is 0. The van der Waals surface area contributed by atoms with Gasteiger partial charge >= 0.3 is 0 Å². The van der Waals surface area contributed by atoms with Crippen LogP contribution in [0.15, 0.2) is 53.5 Å². The Hall–Kier alpha value is -2.13. The fraction of sp³-hybridized carbons (Fsp3) is 0.440. The number of fused-ring (bicyclic) bond motifs is 1. The second-order valence-electron chi connectivity index (χ2n) is 8.23. The van der Waals surface area contributed by atoms with E-state index in [4.69, 9.17) is 4.99 Å². The van der Waals surface area contributed by atoms with Crippen LogP contribution in [0.5, 0.6) is 0 Å². The Morgan fingerprint density at radius 2 is 1.75 bits per heavy atom. The number of H-pyrrole nitrogens is 1. The molecule has 1 aliphatic rings. The molecule has 0 spiro atoms. The molecule has 0 bridgehead atoms. The summed E-state index contributed by atoms with van der Waals surface area (Å²) in [5.74, 6) is 1.84. The van der Waals surface area contributed by atoms with E-state index in [0.717, 1.165) is 48.9 Å². The van der Waals surface area contributed by atoms with Crippen LogP contribution in [0.2, 0.25) is 0 Å². The molecule has 1 aromatic heterocycles. The SMILES string of the molecule is CCNC(=NCc1ccc(CN2CCCCC2)cc1)NCCc1nc2ccccc2[nH]1.I. The van der Waals surface area contributed by atoms with Crippen LogP contribution in [0.1, 0.15) is 43.1 Å². The van der Waals surface area contributed by atoms with Crippen LogP contribution in [0, 0.1) is 0 Å². The van der Waals surface area contributed by atoms with E-state index in [9.17, 15) is 0 Å². The quantitative estimate of drug-likeness (QED) is 0.222. The van der Waals surface area contributed by atoms with Gasteiger partial charge in [-0.05, 0) is 56.1 Å². The van der Waals surface area contributed by atoms with E-state index in [-0.39, 0.29) is 24.0 Å². The molecule has 3 N–H and O–H groups in total. The molecule has 0 unspecified atom stereocenters. The fourth-order valence-electron chi connectivity index (χ4n) is 4.06. The number of likely N-dealkylation sites (tertiary alicyclic amines) is 1. The highest BCUT2D eigenvalue weighted by Gasteiger charge is 2.10. The van der Waals surface area contributed by atoms with Gasteiger partial charge in [-0.25, -0.2) is 9.98 Å². The summed E-state index contributed by atoms with van der Waals surface area (Å²) in [6.45, 7) is 7.91. The van der Waals surface area contributed by atoms with Gasteiger partial charge in [0, 0.05) is 26.1 Å². The number of aliphatic imine (C=N–C) groups is 1. The molecule has 2 aromatic carbocycles. The van der Waals surface area contributed by atoms with Crippen molar-refractivity contribution in [3.8, 4) is 0 Å². The van der Waals surface area contributed by atoms with Gasteiger partial charge in [-0.15, -0.1) is 24.0 Å². The summed E-state index contributed by atoms with van der Waals surface area (Å²) in [6, 6.07) is 17.1. The minimum atomic E-state index is 0. The lowest BCUT2D eigenvalue weighted by Gasteiger charge is -2.26. The van der Waals surface area contributed by atoms with E-state index in [1.54, 1.807) is 0 Å². The topological polar surface area (TPSA) is 68.3 Å². The number of hydrogen-bond donors (Lipinski definition) is 3. The molecule has 6 nitrogen and oxygen atoms in total. The lowest BCUT2D eigenvalue weighted by atomic mass is 10.1. The van der Waals surface area contributed by atoms with Crippen LogP contribution in [-0.4, -0.2) is 47.0 Å². The van der Waals surface area contributed by atoms with E-state index in [2.05, 4.69) is 62.8 Å². The van der Waals surface area contributed by atoms with Crippen LogP contribution < -0.4 is 10.6 Å². The van der Waals surface area contributed by atoms with E-state index in [1.807, 2.05) is 18.2 Å². The van der Waals surface area contributed by atoms with Gasteiger partial charge in [0.15, 0.2) is 5.96 Å². The third-order valence-electron chi connectivity index (χ3n) is 5.73. The van der Waals surface area contributed by atoms with Gasteiger partial charge in [0.05, 0.1) is 17.6 Å². The molecule has 7 heteroatoms. The number of hydrogen-bond acceptors (Lipinski definition) is 3. The molecule has 1 aliphatic heterocycles. The monoisotopic (exact) mass is 546 g/mol. The number of benzene rings is 2. The first-order chi connectivity index (χ1) is 15.3. The van der Waals surface area contributed by atoms with Crippen LogP contribution >= 0.6 is 24.0 Å². The number of piperidine rings is 1. The van der Waals surface area contributed by atoms with Crippen LogP contribution in [0.25, 0.3) is 11.0 Å². The number of aromatic amines is 1. The smallest absolute Gasteiger partial charge is 0.191 e. The number of aromatic nitrogens is 2. The normalized spacial score (nSPS) is 14.8. The summed E-state index contributed by atoms with van der Waals surface area (Å²) < 4.78 is 0. The molecule has 0 amide bonds. The second-order valence-corrected chi connectivity index (χ2v) is 8.23. The van der Waals surface area contributed by atoms with Crippen molar-refractivity contribution < 1.29 is 0 Å². The predicted molar refractivity (Wildman–Crippen MR) is 144 cm³/mol. The number of guanidine groups is 1. The maximum absolute atomic E-state index is 4.76. The maximum Gasteiger partial charge on any atom is 0.191 e. The van der Waals surface area contributed by atoms with Gasteiger partial charge in [0.1, 0.15) is 5.82 Å². The van der Waals surface area contributed by atoms with Crippen LogP contribution in [0.4, 0.5) is 0 Å². The predicted octanol–water partition coefficient (Wildman–Crippen LogP) is 4.46. The summed E-state index contributed by atoms with van der Waals surface area (Å²) in [5, 5.41) is 6.75. The van der Waals surface area contributed by atoms with Gasteiger partial charge in [0.2, 0.25) is 0 Å². The fourth-order valence-corrected chi connectivity index (χ4v) is 4.06. The number of imidazole rings is 1. The van der Waals surface area contributed by atoms with Gasteiger partial charge in [-0.2, -0.15) is 0 Å². The van der Waals surface area contributed by atoms with E-state index < -0.39 is 0 Å². The summed E-state index contributed by atoms with van der Waals surface area (Å²) in [4.78, 5) is 15.3. The van der Waals surface area contributed by atoms with Crippen LogP contribution in [0.3, 0.4) is 0 Å². The highest BCUT2D eigenvalue weighted by atomic mass is 127. The molecule has 0 saturated carbocycles. The van der Waals surface area contributed by atoms with Crippen molar-refractivity contribution in [1.29, 1.82) is 0 Å². The summed E-state index contributed by atoms with van der Waals surface area (Å²) >= 11 is 0. The number of nitrogens with one attached hydrogen (secondary N) is 3. The van der Waals surface area contributed by atoms with Crippen molar-refractivity contribution >= 4 is 41.0 Å². The lowest BCUT2D eigenvalue weighted by Crippen LogP contribution is -2.38. The average Bonchev–Trinajstić information content (AvgIpc) is 3.22. The third-order valence-corrected chi connectivity index (χ3v) is 5.73. The first-order valence-corrected chi connectivity index (χ1v) is 11.6. The standard InChI is InChI=1S/C25H34N6.HI/c1-2-26-25(27-15-14-24-29-22-8-4-5-9-23(22)30-24)28-18-20-10-12-21(13-11-20)19-31-16-6-3-7-17-31;/h4-5,8-13H,2-3,6-7,14-19H2,1H3,(H,29,30)(H2,26,27,28);1H. The van der Waals surface area contributed by atoms with Crippen molar-refractivity contribution in [1.82, 2.24) is 25.5 Å². The van der Waals surface area contributed by atoms with E-state index >= 15 is 0 Å². The third kappa shape index (κ3) is 7.20. The Balaban J connectivity index is 0.00000289. The first kappa shape index (κ1) is 24.5. The average molecular weight is 547 g/mol. The maximum atomic E-state index is 4.76. The lowest BCUT2D eigenvalue weighted by molar-refractivity contribution is 0.221. The Labute approximate surface area is 208 Å². The number of halogens is 1. The van der Waals surface area contributed by atoms with Gasteiger partial charge in [0.25, 0.3) is 0 Å². The minimum absolute atomic E-state index is 0. The summed E-state index contributed by atoms with van der Waals surface area (Å²) in [6.07, 6.45) is 4.88. The second kappa shape index (κ2) is 12.8. The molecule has 0 aliphatic carbocycles. The molecule has 32 heavy (non-hydrogen) atoms. The Morgan fingerprint density at radius 3 is 2.50 bits per heavy atom. The Kier molecular flexibility index (Phi) is 9.80. The Morgan fingerprint density at radius 1 is 1.00 bits per heavy atom. The van der Waals surface area contributed by atoms with Crippen molar-refractivity contribution in [2.45, 2.75) is 45.7 Å². The molecular weight excluding hydrogens is 511 g/mol. The first-order valence-electron chi connectivity index (χ1n) is 11.6. The molecule has 1 saturated heterocycles. The highest BCUT2D eigenvalue weighted by molar-refractivity contribution is 14.0. The zero-order valence-corrected chi connectivity index (χ0v) is 21.3. The molecule has 172 valence electrons. The van der Waals surface area contributed by atoms with E-state index in [0.29, 0.717) is 6.54 Å². The highest BCUT2D eigenvalue weighted by Crippen LogP contribution is 2.14. The van der Waals surface area contributed by atoms with Crippen molar-refractivity contribution in [2.75, 3.05) is 26.2 Å². The van der Waals surface area contributed by atoms with E-state index in [1.165, 1.54) is 43.5 Å². The van der Waals surface area contributed by atoms with Crippen molar-refractivity contribution in [3.05, 3.63) is 65.5 Å². The summed E-state index contributed by atoms with van der Waals surface area (Å²) in [5.41, 5.74) is 4.73. The molecule has 2 heterocycles. The molecule has 3 aromatic rings. The minimum Gasteiger partial charge on any atom is -0.357 e. The molecule has 0 atom stereocenters. The Bertz CT molecular complexity index is 943. The number of para-hydroxylation sites is 2. The number of rotatable bonds is 8. The van der Waals surface area contributed by atoms with Gasteiger partial charge in [-0.1, -0.05) is 42.8 Å². The van der Waals surface area contributed by atoms with Crippen LogP contribution in [-0.2, 0) is 19.5 Å². The van der Waals surface area contributed by atoms with Gasteiger partial charge in [-0.3, -0.25) is 4.90 Å². The van der Waals surface area contributed by atoms with Crippen molar-refractivity contribution in [3.63, 3.8) is 0 Å². The van der Waals surface area contributed by atoms with Gasteiger partial charge < -0.3 is 15.6 Å². The molecule has 4 rings (SSSR count). The molecular formula is C25H35IN6.